The summed E-state index contributed by atoms with van der Waals surface area (Å²) in [6.45, 7) is 1.04. The Kier molecular flexibility index (Phi) is 7.36. The quantitative estimate of drug-likeness (QED) is 0.334. The molecule has 13 heteroatoms. The molecular formula is C27H21F3N2O7S. The molecule has 208 valence electrons. The van der Waals surface area contributed by atoms with Crippen molar-refractivity contribution in [2.75, 3.05) is 31.6 Å². The first-order valence-corrected chi connectivity index (χ1v) is 13.4. The summed E-state index contributed by atoms with van der Waals surface area (Å²) in [5, 5.41) is 2.61. The van der Waals surface area contributed by atoms with Gasteiger partial charge in [0.25, 0.3) is 5.91 Å². The zero-order chi connectivity index (χ0) is 28.5. The van der Waals surface area contributed by atoms with E-state index < -0.39 is 44.8 Å². The Labute approximate surface area is 225 Å². The maximum Gasteiger partial charge on any atom is 0.573 e. The number of nitrogens with one attached hydrogen (secondary N) is 1. The summed E-state index contributed by atoms with van der Waals surface area (Å²) in [7, 11) is -3.83. The lowest BCUT2D eigenvalue weighted by molar-refractivity contribution is -0.274. The number of anilines is 1. The summed E-state index contributed by atoms with van der Waals surface area (Å²) < 4.78 is 80.4. The van der Waals surface area contributed by atoms with Crippen molar-refractivity contribution in [3.05, 3.63) is 88.8 Å². The predicted molar refractivity (Wildman–Crippen MR) is 139 cm³/mol. The molecule has 3 aromatic carbocycles. The second kappa shape index (κ2) is 10.8. The maximum absolute atomic E-state index is 13.4. The molecule has 0 atom stereocenters. The molecule has 1 N–H and O–H groups in total. The highest BCUT2D eigenvalue weighted by atomic mass is 32.2. The number of hydrogen-bond acceptors (Lipinski definition) is 7. The molecule has 1 saturated heterocycles. The molecule has 1 aromatic heterocycles. The fourth-order valence-electron chi connectivity index (χ4n) is 4.30. The van der Waals surface area contributed by atoms with E-state index in [1.54, 1.807) is 42.5 Å². The molecule has 0 unspecified atom stereocenters. The number of carbonyl (C=O) groups is 1. The number of rotatable bonds is 6. The molecule has 9 nitrogen and oxygen atoms in total. The molecule has 40 heavy (non-hydrogen) atoms. The summed E-state index contributed by atoms with van der Waals surface area (Å²) in [4.78, 5) is 25.6. The van der Waals surface area contributed by atoms with Crippen LogP contribution in [0.25, 0.3) is 22.1 Å². The van der Waals surface area contributed by atoms with Gasteiger partial charge in [0.1, 0.15) is 5.56 Å². The minimum Gasteiger partial charge on any atom is -0.418 e. The standard InChI is InChI=1S/C27H21F3N2O7S/c28-27(29,30)39-22-9-4-6-18-16-21(26(34)38-24(18)22)25(33)31-19-7-3-5-17(15-19)20-8-1-2-10-23(20)40(35,36)32-11-13-37-14-12-32/h1-10,15-16H,11-14H2,(H,31,33). The van der Waals surface area contributed by atoms with Gasteiger partial charge in [-0.1, -0.05) is 42.5 Å². The summed E-state index contributed by atoms with van der Waals surface area (Å²) in [5.41, 5.74) is -0.924. The second-order valence-electron chi connectivity index (χ2n) is 8.72. The fourth-order valence-corrected chi connectivity index (χ4v) is 5.92. The Balaban J connectivity index is 1.44. The molecule has 0 bridgehead atoms. The lowest BCUT2D eigenvalue weighted by Crippen LogP contribution is -2.40. The number of para-hydroxylation sites is 1. The normalized spacial score (nSPS) is 14.7. The zero-order valence-electron chi connectivity index (χ0n) is 20.6. The molecule has 0 aliphatic carbocycles. The number of amides is 1. The highest BCUT2D eigenvalue weighted by molar-refractivity contribution is 7.89. The lowest BCUT2D eigenvalue weighted by atomic mass is 10.0. The van der Waals surface area contributed by atoms with E-state index in [0.29, 0.717) is 24.3 Å². The van der Waals surface area contributed by atoms with Crippen molar-refractivity contribution >= 4 is 32.6 Å². The van der Waals surface area contributed by atoms with Crippen molar-refractivity contribution in [1.82, 2.24) is 4.31 Å². The van der Waals surface area contributed by atoms with E-state index >= 15 is 0 Å². The first-order chi connectivity index (χ1) is 19.0. The minimum absolute atomic E-state index is 0.0440. The summed E-state index contributed by atoms with van der Waals surface area (Å²) in [6, 6.07) is 17.5. The van der Waals surface area contributed by atoms with Crippen LogP contribution in [0.3, 0.4) is 0 Å². The van der Waals surface area contributed by atoms with E-state index in [1.165, 1.54) is 22.5 Å². The smallest absolute Gasteiger partial charge is 0.418 e. The average molecular weight is 575 g/mol. The number of benzene rings is 3. The van der Waals surface area contributed by atoms with Gasteiger partial charge < -0.3 is 19.2 Å². The minimum atomic E-state index is -5.01. The molecule has 4 aromatic rings. The Morgan fingerprint density at radius 1 is 0.950 bits per heavy atom. The van der Waals surface area contributed by atoms with Crippen LogP contribution in [0.2, 0.25) is 0 Å². The first kappa shape index (κ1) is 27.4. The van der Waals surface area contributed by atoms with E-state index in [2.05, 4.69) is 10.1 Å². The number of carbonyl (C=O) groups excluding carboxylic acids is 1. The summed E-state index contributed by atoms with van der Waals surface area (Å²) >= 11 is 0. The number of hydrogen-bond donors (Lipinski definition) is 1. The van der Waals surface area contributed by atoms with Gasteiger partial charge in [0.05, 0.1) is 18.1 Å². The largest absolute Gasteiger partial charge is 0.573 e. The third-order valence-electron chi connectivity index (χ3n) is 6.10. The number of fused-ring (bicyclic) bond motifs is 1. The topological polar surface area (TPSA) is 115 Å². The monoisotopic (exact) mass is 574 g/mol. The Morgan fingerprint density at radius 3 is 2.42 bits per heavy atom. The van der Waals surface area contributed by atoms with Gasteiger partial charge in [-0.2, -0.15) is 4.31 Å². The van der Waals surface area contributed by atoms with Crippen molar-refractivity contribution in [2.24, 2.45) is 0 Å². The third-order valence-corrected chi connectivity index (χ3v) is 8.06. The summed E-state index contributed by atoms with van der Waals surface area (Å²) in [6.07, 6.45) is -5.01. The third kappa shape index (κ3) is 5.71. The Bertz CT molecular complexity index is 1750. The maximum atomic E-state index is 13.4. The van der Waals surface area contributed by atoms with Crippen LogP contribution in [-0.2, 0) is 14.8 Å². The molecule has 1 amide bonds. The van der Waals surface area contributed by atoms with Crippen LogP contribution < -0.4 is 15.7 Å². The number of alkyl halides is 3. The first-order valence-electron chi connectivity index (χ1n) is 11.9. The van der Waals surface area contributed by atoms with Crippen molar-refractivity contribution in [2.45, 2.75) is 11.3 Å². The van der Waals surface area contributed by atoms with Crippen LogP contribution in [0.1, 0.15) is 10.4 Å². The summed E-state index contributed by atoms with van der Waals surface area (Å²) in [5.74, 6) is -1.59. The van der Waals surface area contributed by atoms with E-state index in [4.69, 9.17) is 9.15 Å². The van der Waals surface area contributed by atoms with Crippen molar-refractivity contribution in [3.8, 4) is 16.9 Å². The molecule has 0 saturated carbocycles. The number of ether oxygens (including phenoxy) is 2. The number of nitrogens with zero attached hydrogens (tertiary/aromatic N) is 1. The molecule has 5 rings (SSSR count). The van der Waals surface area contributed by atoms with Crippen LogP contribution in [0.5, 0.6) is 5.75 Å². The highest BCUT2D eigenvalue weighted by Gasteiger charge is 2.33. The molecule has 1 aliphatic rings. The molecule has 2 heterocycles. The van der Waals surface area contributed by atoms with Crippen LogP contribution in [0, 0.1) is 0 Å². The van der Waals surface area contributed by atoms with Gasteiger partial charge in [-0.05, 0) is 35.9 Å². The van der Waals surface area contributed by atoms with Gasteiger partial charge in [-0.25, -0.2) is 13.2 Å². The van der Waals surface area contributed by atoms with Gasteiger partial charge in [0.2, 0.25) is 10.0 Å². The molecular weight excluding hydrogens is 553 g/mol. The van der Waals surface area contributed by atoms with Crippen LogP contribution in [-0.4, -0.2) is 51.3 Å². The average Bonchev–Trinajstić information content (AvgIpc) is 2.93. The lowest BCUT2D eigenvalue weighted by Gasteiger charge is -2.27. The fraction of sp³-hybridized carbons (Fsp3) is 0.185. The van der Waals surface area contributed by atoms with E-state index in [-0.39, 0.29) is 29.1 Å². The van der Waals surface area contributed by atoms with E-state index in [1.807, 2.05) is 0 Å². The number of sulfonamides is 1. The number of halogens is 3. The predicted octanol–water partition coefficient (Wildman–Crippen LogP) is 4.63. The molecule has 1 aliphatic heterocycles. The second-order valence-corrected chi connectivity index (χ2v) is 10.6. The SMILES string of the molecule is O=C(Nc1cccc(-c2ccccc2S(=O)(=O)N2CCOCC2)c1)c1cc2cccc(OC(F)(F)F)c2oc1=O. The highest BCUT2D eigenvalue weighted by Crippen LogP contribution is 2.32. The Hall–Kier alpha value is -4.20. The van der Waals surface area contributed by atoms with Crippen molar-refractivity contribution < 1.29 is 40.3 Å². The van der Waals surface area contributed by atoms with Gasteiger partial charge in [0.15, 0.2) is 11.3 Å². The molecule has 1 fully saturated rings. The van der Waals surface area contributed by atoms with Gasteiger partial charge in [-0.3, -0.25) is 4.79 Å². The number of morpholine rings is 1. The van der Waals surface area contributed by atoms with Gasteiger partial charge in [-0.15, -0.1) is 13.2 Å². The zero-order valence-corrected chi connectivity index (χ0v) is 21.4. The van der Waals surface area contributed by atoms with Crippen molar-refractivity contribution in [3.63, 3.8) is 0 Å². The van der Waals surface area contributed by atoms with Crippen LogP contribution in [0.15, 0.2) is 86.9 Å². The Morgan fingerprint density at radius 2 is 1.68 bits per heavy atom. The molecule has 0 radical (unpaired) electrons. The van der Waals surface area contributed by atoms with Gasteiger partial charge in [0, 0.05) is 29.7 Å². The molecule has 0 spiro atoms. The van der Waals surface area contributed by atoms with Crippen LogP contribution >= 0.6 is 0 Å². The van der Waals surface area contributed by atoms with Crippen molar-refractivity contribution in [1.29, 1.82) is 0 Å². The van der Waals surface area contributed by atoms with Crippen LogP contribution in [0.4, 0.5) is 18.9 Å². The van der Waals surface area contributed by atoms with E-state index in [9.17, 15) is 31.2 Å². The van der Waals surface area contributed by atoms with Gasteiger partial charge >= 0.3 is 12.0 Å². The van der Waals surface area contributed by atoms with E-state index in [0.717, 1.165) is 12.1 Å².